The minimum Gasteiger partial charge on any atom is -0.497 e. The predicted molar refractivity (Wildman–Crippen MR) is 86.2 cm³/mol. The lowest BCUT2D eigenvalue weighted by Crippen LogP contribution is -2.27. The van der Waals surface area contributed by atoms with Gasteiger partial charge in [-0.15, -0.1) is 0 Å². The first-order valence-electron chi connectivity index (χ1n) is 7.74. The van der Waals surface area contributed by atoms with E-state index in [9.17, 15) is 4.79 Å². The number of rotatable bonds is 9. The number of hydrogen-bond acceptors (Lipinski definition) is 3. The summed E-state index contributed by atoms with van der Waals surface area (Å²) < 4.78 is 5.13. The Morgan fingerprint density at radius 3 is 2.48 bits per heavy atom. The van der Waals surface area contributed by atoms with Crippen LogP contribution in [0, 0.1) is 5.92 Å². The molecule has 0 aliphatic rings. The lowest BCUT2D eigenvalue weighted by molar-refractivity contribution is -0.122. The van der Waals surface area contributed by atoms with Gasteiger partial charge < -0.3 is 15.8 Å². The molecule has 118 valence electrons. The molecule has 0 aliphatic heterocycles. The van der Waals surface area contributed by atoms with Crippen LogP contribution in [0.3, 0.4) is 0 Å². The molecule has 0 spiro atoms. The molecule has 0 bridgehead atoms. The van der Waals surface area contributed by atoms with E-state index in [1.54, 1.807) is 7.11 Å². The third-order valence-electron chi connectivity index (χ3n) is 3.93. The van der Waals surface area contributed by atoms with Crippen LogP contribution in [0.5, 0.6) is 5.75 Å². The van der Waals surface area contributed by atoms with E-state index < -0.39 is 0 Å². The number of carbonyl (C=O) groups is 1. The maximum atomic E-state index is 12.0. The molecule has 1 rings (SSSR count). The van der Waals surface area contributed by atoms with E-state index in [4.69, 9.17) is 10.5 Å². The molecule has 0 fully saturated rings. The van der Waals surface area contributed by atoms with Crippen molar-refractivity contribution in [1.29, 1.82) is 0 Å². The first-order valence-corrected chi connectivity index (χ1v) is 7.74. The molecule has 1 unspecified atom stereocenters. The number of amides is 1. The van der Waals surface area contributed by atoms with Crippen molar-refractivity contribution in [3.63, 3.8) is 0 Å². The molecule has 3 N–H and O–H groups in total. The summed E-state index contributed by atoms with van der Waals surface area (Å²) in [6.07, 6.45) is 3.56. The number of hydrogen-bond donors (Lipinski definition) is 2. The van der Waals surface area contributed by atoms with Crippen molar-refractivity contribution in [2.75, 3.05) is 13.7 Å². The molecule has 21 heavy (non-hydrogen) atoms. The molecule has 4 heteroatoms. The summed E-state index contributed by atoms with van der Waals surface area (Å²) in [6.45, 7) is 4.84. The summed E-state index contributed by atoms with van der Waals surface area (Å²) in [5.41, 5.74) is 6.66. The normalized spacial score (nSPS) is 13.5. The van der Waals surface area contributed by atoms with Crippen molar-refractivity contribution in [3.8, 4) is 5.75 Å². The number of benzene rings is 1. The average molecular weight is 292 g/mol. The standard InChI is InChI=1S/C17H28N2O2/c1-4-14(11-12-18)5-10-17(20)19-13(2)15-6-8-16(21-3)9-7-15/h6-9,13-14H,4-5,10-12,18H2,1-3H3,(H,19,20)/t13-,14?/m0/s1. The van der Waals surface area contributed by atoms with E-state index in [1.165, 1.54) is 0 Å². The molecule has 0 saturated carbocycles. The molecule has 0 aromatic heterocycles. The zero-order valence-electron chi connectivity index (χ0n) is 13.4. The number of ether oxygens (including phenoxy) is 1. The van der Waals surface area contributed by atoms with Gasteiger partial charge in [0.1, 0.15) is 5.75 Å². The second kappa shape index (κ2) is 9.40. The predicted octanol–water partition coefficient (Wildman–Crippen LogP) is 3.03. The SMILES string of the molecule is CCC(CCN)CCC(=O)N[C@@H](C)c1ccc(OC)cc1. The quantitative estimate of drug-likeness (QED) is 0.735. The summed E-state index contributed by atoms with van der Waals surface area (Å²) in [5, 5.41) is 3.04. The van der Waals surface area contributed by atoms with Crippen LogP contribution < -0.4 is 15.8 Å². The van der Waals surface area contributed by atoms with Crippen molar-refractivity contribution >= 4 is 5.91 Å². The van der Waals surface area contributed by atoms with Crippen LogP contribution in [-0.4, -0.2) is 19.6 Å². The Morgan fingerprint density at radius 2 is 1.95 bits per heavy atom. The Hall–Kier alpha value is -1.55. The van der Waals surface area contributed by atoms with Gasteiger partial charge in [-0.25, -0.2) is 0 Å². The van der Waals surface area contributed by atoms with Gasteiger partial charge in [0.15, 0.2) is 0 Å². The van der Waals surface area contributed by atoms with Crippen LogP contribution in [0.15, 0.2) is 24.3 Å². The van der Waals surface area contributed by atoms with Crippen molar-refractivity contribution < 1.29 is 9.53 Å². The summed E-state index contributed by atoms with van der Waals surface area (Å²) in [5.74, 6) is 1.48. The van der Waals surface area contributed by atoms with E-state index in [0.717, 1.165) is 30.6 Å². The highest BCUT2D eigenvalue weighted by molar-refractivity contribution is 5.76. The van der Waals surface area contributed by atoms with E-state index >= 15 is 0 Å². The van der Waals surface area contributed by atoms with Crippen molar-refractivity contribution in [3.05, 3.63) is 29.8 Å². The Balaban J connectivity index is 2.42. The highest BCUT2D eigenvalue weighted by Gasteiger charge is 2.12. The van der Waals surface area contributed by atoms with E-state index in [2.05, 4.69) is 12.2 Å². The second-order valence-corrected chi connectivity index (χ2v) is 5.45. The molecule has 1 aromatic rings. The Bertz CT molecular complexity index is 417. The lowest BCUT2D eigenvalue weighted by atomic mass is 9.96. The molecular formula is C17H28N2O2. The van der Waals surface area contributed by atoms with Crippen LogP contribution in [0.4, 0.5) is 0 Å². The van der Waals surface area contributed by atoms with Gasteiger partial charge in [-0.1, -0.05) is 25.5 Å². The monoisotopic (exact) mass is 292 g/mol. The maximum Gasteiger partial charge on any atom is 0.220 e. The van der Waals surface area contributed by atoms with Gasteiger partial charge in [0.2, 0.25) is 5.91 Å². The molecule has 1 amide bonds. The largest absolute Gasteiger partial charge is 0.497 e. The zero-order chi connectivity index (χ0) is 15.7. The van der Waals surface area contributed by atoms with Crippen molar-refractivity contribution in [2.24, 2.45) is 11.7 Å². The molecule has 0 saturated heterocycles. The fraction of sp³-hybridized carbons (Fsp3) is 0.588. The lowest BCUT2D eigenvalue weighted by Gasteiger charge is -2.17. The highest BCUT2D eigenvalue weighted by Crippen LogP contribution is 2.18. The van der Waals surface area contributed by atoms with Crippen LogP contribution in [0.25, 0.3) is 0 Å². The number of carbonyl (C=O) groups excluding carboxylic acids is 1. The first kappa shape index (κ1) is 17.5. The average Bonchev–Trinajstić information content (AvgIpc) is 2.51. The maximum absolute atomic E-state index is 12.0. The molecule has 4 nitrogen and oxygen atoms in total. The van der Waals surface area contributed by atoms with Gasteiger partial charge in [-0.05, 0) is 49.9 Å². The first-order chi connectivity index (χ1) is 10.1. The highest BCUT2D eigenvalue weighted by atomic mass is 16.5. The van der Waals surface area contributed by atoms with E-state index in [0.29, 0.717) is 18.9 Å². The molecule has 0 radical (unpaired) electrons. The Morgan fingerprint density at radius 1 is 1.29 bits per heavy atom. The third-order valence-corrected chi connectivity index (χ3v) is 3.93. The fourth-order valence-corrected chi connectivity index (χ4v) is 2.41. The van der Waals surface area contributed by atoms with Crippen molar-refractivity contribution in [1.82, 2.24) is 5.32 Å². The molecule has 0 heterocycles. The Labute approximate surface area is 128 Å². The molecule has 2 atom stereocenters. The van der Waals surface area contributed by atoms with Gasteiger partial charge in [0, 0.05) is 6.42 Å². The van der Waals surface area contributed by atoms with Gasteiger partial charge in [0.05, 0.1) is 13.2 Å². The van der Waals surface area contributed by atoms with Gasteiger partial charge in [-0.3, -0.25) is 4.79 Å². The summed E-state index contributed by atoms with van der Waals surface area (Å²) in [6, 6.07) is 7.79. The van der Waals surface area contributed by atoms with Crippen molar-refractivity contribution in [2.45, 2.75) is 45.6 Å². The van der Waals surface area contributed by atoms with Crippen LogP contribution in [0.1, 0.15) is 51.1 Å². The molecule has 1 aromatic carbocycles. The topological polar surface area (TPSA) is 64.4 Å². The van der Waals surface area contributed by atoms with Crippen LogP contribution >= 0.6 is 0 Å². The zero-order valence-corrected chi connectivity index (χ0v) is 13.4. The van der Waals surface area contributed by atoms with E-state index in [1.807, 2.05) is 31.2 Å². The summed E-state index contributed by atoms with van der Waals surface area (Å²) in [7, 11) is 1.64. The fourth-order valence-electron chi connectivity index (χ4n) is 2.41. The van der Waals surface area contributed by atoms with Gasteiger partial charge in [0.25, 0.3) is 0 Å². The van der Waals surface area contributed by atoms with Gasteiger partial charge in [-0.2, -0.15) is 0 Å². The van der Waals surface area contributed by atoms with E-state index in [-0.39, 0.29) is 11.9 Å². The summed E-state index contributed by atoms with van der Waals surface area (Å²) >= 11 is 0. The molecule has 0 aliphatic carbocycles. The number of nitrogens with one attached hydrogen (secondary N) is 1. The second-order valence-electron chi connectivity index (χ2n) is 5.45. The number of methoxy groups -OCH3 is 1. The van der Waals surface area contributed by atoms with Gasteiger partial charge >= 0.3 is 0 Å². The number of nitrogens with two attached hydrogens (primary N) is 1. The van der Waals surface area contributed by atoms with Crippen LogP contribution in [-0.2, 0) is 4.79 Å². The third kappa shape index (κ3) is 6.17. The minimum absolute atomic E-state index is 0.0120. The molecular weight excluding hydrogens is 264 g/mol. The van der Waals surface area contributed by atoms with Crippen LogP contribution in [0.2, 0.25) is 0 Å². The minimum atomic E-state index is 0.0120. The Kier molecular flexibility index (Phi) is 7.83. The summed E-state index contributed by atoms with van der Waals surface area (Å²) in [4.78, 5) is 12.0. The smallest absolute Gasteiger partial charge is 0.220 e.